The van der Waals surface area contributed by atoms with Gasteiger partial charge in [-0.1, -0.05) is 30.3 Å². The molecule has 1 aliphatic rings. The summed E-state index contributed by atoms with van der Waals surface area (Å²) in [6.45, 7) is 2.21. The van der Waals surface area contributed by atoms with Crippen LogP contribution in [0.25, 0.3) is 0 Å². The van der Waals surface area contributed by atoms with E-state index in [9.17, 15) is 5.11 Å². The van der Waals surface area contributed by atoms with Crippen molar-refractivity contribution in [2.75, 3.05) is 19.7 Å². The zero-order chi connectivity index (χ0) is 10.6. The Bertz CT molecular complexity index is 285. The van der Waals surface area contributed by atoms with Gasteiger partial charge in [0, 0.05) is 13.2 Å². The first kappa shape index (κ1) is 10.5. The van der Waals surface area contributed by atoms with Crippen molar-refractivity contribution in [1.82, 2.24) is 5.32 Å². The Hall–Kier alpha value is -0.990. The lowest BCUT2D eigenvalue weighted by molar-refractivity contribution is 0.221. The minimum absolute atomic E-state index is 0.105. The van der Waals surface area contributed by atoms with Crippen LogP contribution >= 0.6 is 0 Å². The van der Waals surface area contributed by atoms with Crippen LogP contribution in [0.2, 0.25) is 0 Å². The summed E-state index contributed by atoms with van der Waals surface area (Å²) in [6, 6.07) is 10.5. The Morgan fingerprint density at radius 3 is 2.73 bits per heavy atom. The van der Waals surface area contributed by atoms with Gasteiger partial charge < -0.3 is 5.11 Å². The molecule has 1 saturated heterocycles. The van der Waals surface area contributed by atoms with Crippen LogP contribution in [-0.2, 0) is 5.41 Å². The Labute approximate surface area is 91.3 Å². The van der Waals surface area contributed by atoms with Crippen LogP contribution in [0.15, 0.2) is 30.3 Å². The predicted octanol–water partition coefficient (Wildman–Crippen LogP) is 1.50. The van der Waals surface area contributed by atoms with Gasteiger partial charge in [-0.25, -0.2) is 0 Å². The highest BCUT2D eigenvalue weighted by molar-refractivity contribution is 5.27. The molecule has 1 aliphatic heterocycles. The van der Waals surface area contributed by atoms with Crippen LogP contribution in [0.4, 0.5) is 0 Å². The van der Waals surface area contributed by atoms with Gasteiger partial charge >= 0.3 is 0 Å². The summed E-state index contributed by atoms with van der Waals surface area (Å²) in [5.41, 5.74) is 1.44. The van der Waals surface area contributed by atoms with Crippen LogP contribution in [-0.4, -0.2) is 24.8 Å². The zero-order valence-corrected chi connectivity index (χ0v) is 8.95. The molecule has 0 spiro atoms. The molecule has 1 fully saturated rings. The number of piperidine rings is 1. The summed E-state index contributed by atoms with van der Waals surface area (Å²) in [5.74, 6) is 0. The summed E-state index contributed by atoms with van der Waals surface area (Å²) in [6.07, 6.45) is 4.16. The number of nitrogens with one attached hydrogen (secondary N) is 1. The van der Waals surface area contributed by atoms with Gasteiger partial charge in [0.2, 0.25) is 0 Å². The molecule has 2 N–H and O–H groups in total. The van der Waals surface area contributed by atoms with E-state index in [4.69, 9.17) is 0 Å². The molecule has 0 aromatic heterocycles. The number of aliphatic hydroxyl groups excluding tert-OH is 1. The molecule has 2 heteroatoms. The van der Waals surface area contributed by atoms with Crippen molar-refractivity contribution in [3.63, 3.8) is 0 Å². The van der Waals surface area contributed by atoms with Gasteiger partial charge in [-0.15, -0.1) is 0 Å². The molecule has 0 saturated carbocycles. The van der Waals surface area contributed by atoms with Gasteiger partial charge in [-0.3, -0.25) is 5.32 Å². The Kier molecular flexibility index (Phi) is 3.29. The molecule has 0 amide bonds. The molecule has 2 rings (SSSR count). The lowest BCUT2D eigenvalue weighted by Crippen LogP contribution is -2.44. The average molecular weight is 204 g/mol. The lowest BCUT2D eigenvalue weighted by Gasteiger charge is -2.33. The molecule has 80 valence electrons. The van der Waals surface area contributed by atoms with Crippen molar-refractivity contribution in [3.8, 4) is 0 Å². The minimum atomic E-state index is 0.105. The molecule has 15 heavy (non-hydrogen) atoms. The van der Waals surface area contributed by atoms with Crippen LogP contribution in [0, 0.1) is 6.42 Å². The Morgan fingerprint density at radius 1 is 1.33 bits per heavy atom. The van der Waals surface area contributed by atoms with Gasteiger partial charge in [-0.2, -0.15) is 0 Å². The molecule has 0 bridgehead atoms. The standard InChI is InChI=1S/C13H18NO/c15-10-8-13(7-4-9-14-11-13)12-5-2-1-3-6-12/h1-6,14-15H,7-11H2/q+1. The Morgan fingerprint density at radius 2 is 2.13 bits per heavy atom. The van der Waals surface area contributed by atoms with E-state index in [1.807, 2.05) is 6.07 Å². The fourth-order valence-electron chi connectivity index (χ4n) is 2.39. The van der Waals surface area contributed by atoms with Crippen molar-refractivity contribution < 1.29 is 5.11 Å². The molecule has 1 aromatic rings. The van der Waals surface area contributed by atoms with Crippen LogP contribution in [0.3, 0.4) is 0 Å². The minimum Gasteiger partial charge on any atom is -0.396 e. The van der Waals surface area contributed by atoms with E-state index >= 15 is 0 Å². The molecule has 2 nitrogen and oxygen atoms in total. The summed E-state index contributed by atoms with van der Waals surface area (Å²) < 4.78 is 0. The highest BCUT2D eigenvalue weighted by Gasteiger charge is 2.37. The number of rotatable bonds is 3. The van der Waals surface area contributed by atoms with Gasteiger partial charge in [0.25, 0.3) is 0 Å². The highest BCUT2D eigenvalue weighted by atomic mass is 16.3. The van der Waals surface area contributed by atoms with E-state index < -0.39 is 0 Å². The monoisotopic (exact) mass is 204 g/mol. The van der Waals surface area contributed by atoms with Crippen molar-refractivity contribution in [3.05, 3.63) is 42.3 Å². The van der Waals surface area contributed by atoms with E-state index in [-0.39, 0.29) is 12.0 Å². The second kappa shape index (κ2) is 4.69. The molecular weight excluding hydrogens is 186 g/mol. The van der Waals surface area contributed by atoms with E-state index in [0.29, 0.717) is 0 Å². The maximum atomic E-state index is 9.20. The zero-order valence-electron chi connectivity index (χ0n) is 8.95. The molecule has 1 aromatic carbocycles. The predicted molar refractivity (Wildman–Crippen MR) is 61.6 cm³/mol. The van der Waals surface area contributed by atoms with Crippen LogP contribution in [0.1, 0.15) is 18.4 Å². The van der Waals surface area contributed by atoms with Gasteiger partial charge in [0.1, 0.15) is 6.54 Å². The summed E-state index contributed by atoms with van der Waals surface area (Å²) in [7, 11) is 0. The van der Waals surface area contributed by atoms with Crippen LogP contribution < -0.4 is 5.32 Å². The van der Waals surface area contributed by atoms with Crippen molar-refractivity contribution in [2.45, 2.75) is 18.3 Å². The maximum absolute atomic E-state index is 9.20. The molecule has 1 atom stereocenters. The fraction of sp³-hybridized carbons (Fsp3) is 0.462. The van der Waals surface area contributed by atoms with E-state index in [2.05, 4.69) is 36.0 Å². The highest BCUT2D eigenvalue weighted by Crippen LogP contribution is 2.33. The van der Waals surface area contributed by atoms with Gasteiger partial charge in [-0.05, 0) is 12.0 Å². The second-order valence-corrected chi connectivity index (χ2v) is 4.24. The smallest absolute Gasteiger partial charge is 0.138 e. The van der Waals surface area contributed by atoms with E-state index in [1.165, 1.54) is 5.56 Å². The molecule has 0 aliphatic carbocycles. The van der Waals surface area contributed by atoms with E-state index in [1.54, 1.807) is 0 Å². The maximum Gasteiger partial charge on any atom is 0.138 e. The van der Waals surface area contributed by atoms with Gasteiger partial charge in [0.15, 0.2) is 0 Å². The first-order valence-corrected chi connectivity index (χ1v) is 5.56. The van der Waals surface area contributed by atoms with Crippen molar-refractivity contribution in [1.29, 1.82) is 0 Å². The van der Waals surface area contributed by atoms with Crippen molar-refractivity contribution in [2.24, 2.45) is 0 Å². The summed E-state index contributed by atoms with van der Waals surface area (Å²) in [4.78, 5) is 0. The third kappa shape index (κ3) is 2.16. The number of hydrogen-bond acceptors (Lipinski definition) is 2. The normalized spacial score (nSPS) is 25.9. The summed E-state index contributed by atoms with van der Waals surface area (Å²) in [5, 5.41) is 12.6. The summed E-state index contributed by atoms with van der Waals surface area (Å²) >= 11 is 0. The van der Waals surface area contributed by atoms with Crippen molar-refractivity contribution >= 4 is 0 Å². The quantitative estimate of drug-likeness (QED) is 0.731. The molecular formula is C13H18NO+. The first-order valence-electron chi connectivity index (χ1n) is 5.56. The third-order valence-electron chi connectivity index (χ3n) is 3.26. The number of hydrogen-bond donors (Lipinski definition) is 2. The van der Waals surface area contributed by atoms with Gasteiger partial charge in [0.05, 0.1) is 18.3 Å². The second-order valence-electron chi connectivity index (χ2n) is 4.24. The lowest BCUT2D eigenvalue weighted by atomic mass is 9.72. The molecule has 0 radical (unpaired) electrons. The van der Waals surface area contributed by atoms with Crippen LogP contribution in [0.5, 0.6) is 0 Å². The SMILES string of the molecule is OCCC1(c2ccccc2)C[CH+]CNC1. The molecule has 1 unspecified atom stereocenters. The van der Waals surface area contributed by atoms with E-state index in [0.717, 1.165) is 25.9 Å². The average Bonchev–Trinajstić information content (AvgIpc) is 2.32. The fourth-order valence-corrected chi connectivity index (χ4v) is 2.39. The number of benzene rings is 1. The first-order chi connectivity index (χ1) is 7.37. The number of aliphatic hydroxyl groups is 1. The topological polar surface area (TPSA) is 32.3 Å². The molecule has 1 heterocycles. The third-order valence-corrected chi connectivity index (χ3v) is 3.26. The largest absolute Gasteiger partial charge is 0.396 e. The Balaban J connectivity index is 2.25.